The van der Waals surface area contributed by atoms with Crippen molar-refractivity contribution in [3.8, 4) is 0 Å². The molecule has 0 heterocycles. The molecule has 3 nitrogen and oxygen atoms in total. The van der Waals surface area contributed by atoms with E-state index in [2.05, 4.69) is 0 Å². The molecule has 0 fully saturated rings. The zero-order chi connectivity index (χ0) is 14.5. The van der Waals surface area contributed by atoms with Gasteiger partial charge in [0.25, 0.3) is 0 Å². The van der Waals surface area contributed by atoms with Crippen molar-refractivity contribution in [1.29, 1.82) is 0 Å². The van der Waals surface area contributed by atoms with E-state index in [9.17, 15) is 9.36 Å². The molecular formula is C15H23O3P. The summed E-state index contributed by atoms with van der Waals surface area (Å²) in [4.78, 5) is 11.3. The van der Waals surface area contributed by atoms with Crippen molar-refractivity contribution < 1.29 is 14.1 Å². The van der Waals surface area contributed by atoms with Gasteiger partial charge in [-0.2, -0.15) is 0 Å². The first-order chi connectivity index (χ1) is 8.90. The smallest absolute Gasteiger partial charge is 0.305 e. The summed E-state index contributed by atoms with van der Waals surface area (Å²) in [5.41, 5.74) is 0.0395. The number of carbonyl (C=O) groups is 1. The molecule has 2 unspecified atom stereocenters. The molecule has 19 heavy (non-hydrogen) atoms. The Balaban J connectivity index is 2.90. The molecule has 106 valence electrons. The van der Waals surface area contributed by atoms with Crippen molar-refractivity contribution in [1.82, 2.24) is 0 Å². The lowest BCUT2D eigenvalue weighted by molar-refractivity contribution is -0.146. The van der Waals surface area contributed by atoms with Crippen LogP contribution in [0.1, 0.15) is 34.1 Å². The van der Waals surface area contributed by atoms with Crippen molar-refractivity contribution in [2.75, 3.05) is 6.16 Å². The Morgan fingerprint density at radius 3 is 2.26 bits per heavy atom. The summed E-state index contributed by atoms with van der Waals surface area (Å²) in [6, 6.07) is 9.50. The molecule has 0 N–H and O–H groups in total. The average Bonchev–Trinajstić information content (AvgIpc) is 2.39. The Morgan fingerprint density at radius 1 is 1.21 bits per heavy atom. The fourth-order valence-electron chi connectivity index (χ4n) is 2.02. The van der Waals surface area contributed by atoms with Crippen LogP contribution in [0.5, 0.6) is 0 Å². The van der Waals surface area contributed by atoms with Gasteiger partial charge in [-0.15, -0.1) is 0 Å². The van der Waals surface area contributed by atoms with Crippen molar-refractivity contribution in [3.63, 3.8) is 0 Å². The predicted octanol–water partition coefficient (Wildman–Crippen LogP) is 3.43. The lowest BCUT2D eigenvalue weighted by Gasteiger charge is -2.25. The quantitative estimate of drug-likeness (QED) is 0.593. The normalized spacial score (nSPS) is 15.8. The van der Waals surface area contributed by atoms with E-state index in [0.29, 0.717) is 12.6 Å². The Hall–Kier alpha value is -1.08. The molecule has 0 spiro atoms. The van der Waals surface area contributed by atoms with E-state index < -0.39 is 7.14 Å². The largest absolute Gasteiger partial charge is 0.462 e. The Morgan fingerprint density at radius 2 is 1.79 bits per heavy atom. The van der Waals surface area contributed by atoms with Gasteiger partial charge in [-0.1, -0.05) is 51.1 Å². The molecule has 0 saturated carbocycles. The fraction of sp³-hybridized carbons (Fsp3) is 0.533. The molecule has 2 atom stereocenters. The van der Waals surface area contributed by atoms with Crippen molar-refractivity contribution in [2.45, 2.75) is 45.9 Å². The van der Waals surface area contributed by atoms with Crippen molar-refractivity contribution >= 4 is 18.4 Å². The lowest BCUT2D eigenvalue weighted by Crippen LogP contribution is -2.25. The van der Waals surface area contributed by atoms with Crippen molar-refractivity contribution in [3.05, 3.63) is 30.3 Å². The molecule has 0 radical (unpaired) electrons. The van der Waals surface area contributed by atoms with Gasteiger partial charge in [0.05, 0.1) is 0 Å². The molecule has 0 aliphatic rings. The summed E-state index contributed by atoms with van der Waals surface area (Å²) in [5, 5.41) is 0.865. The van der Waals surface area contributed by atoms with E-state index in [1.807, 2.05) is 51.1 Å². The van der Waals surface area contributed by atoms with Crippen LogP contribution in [0.2, 0.25) is 0 Å². The van der Waals surface area contributed by atoms with E-state index in [4.69, 9.17) is 4.74 Å². The second-order valence-corrected chi connectivity index (χ2v) is 8.57. The topological polar surface area (TPSA) is 43.4 Å². The highest BCUT2D eigenvalue weighted by Crippen LogP contribution is 2.50. The van der Waals surface area contributed by atoms with Gasteiger partial charge < -0.3 is 9.30 Å². The maximum Gasteiger partial charge on any atom is 0.305 e. The molecule has 4 heteroatoms. The Kier molecular flexibility index (Phi) is 5.81. The molecule has 1 aromatic rings. The number of benzene rings is 1. The minimum atomic E-state index is -2.54. The highest BCUT2D eigenvalue weighted by molar-refractivity contribution is 7.72. The molecule has 0 saturated heterocycles. The van der Waals surface area contributed by atoms with Gasteiger partial charge in [0.2, 0.25) is 0 Å². The van der Waals surface area contributed by atoms with E-state index in [0.717, 1.165) is 5.30 Å². The first kappa shape index (κ1) is 16.0. The van der Waals surface area contributed by atoms with Crippen LogP contribution in [0.25, 0.3) is 0 Å². The minimum absolute atomic E-state index is 0.0395. The minimum Gasteiger partial charge on any atom is -0.462 e. The molecule has 0 aromatic heterocycles. The van der Waals surface area contributed by atoms with Crippen molar-refractivity contribution in [2.24, 2.45) is 0 Å². The van der Waals surface area contributed by atoms with E-state index >= 15 is 0 Å². The van der Waals surface area contributed by atoms with Crippen LogP contribution < -0.4 is 5.30 Å². The maximum atomic E-state index is 13.2. The third-order valence-electron chi connectivity index (χ3n) is 3.18. The summed E-state index contributed by atoms with van der Waals surface area (Å²) in [5.74, 6) is -0.240. The standard InChI is InChI=1S/C15H23O3P/c1-5-15(16)18-13(4)11-19(17,12(2)3)14-9-7-6-8-10-14/h6-10,12-13H,5,11H2,1-4H3. The SMILES string of the molecule is CCC(=O)OC(C)CP(=O)(c1ccccc1)C(C)C. The third kappa shape index (κ3) is 4.21. The predicted molar refractivity (Wildman–Crippen MR) is 79.5 cm³/mol. The number of hydrogen-bond acceptors (Lipinski definition) is 3. The van der Waals surface area contributed by atoms with Gasteiger partial charge in [0.15, 0.2) is 0 Å². The molecule has 0 bridgehead atoms. The summed E-state index contributed by atoms with van der Waals surface area (Å²) in [7, 11) is -2.54. The molecule has 1 rings (SSSR count). The molecule has 1 aromatic carbocycles. The molecule has 0 aliphatic heterocycles. The molecule has 0 aliphatic carbocycles. The Labute approximate surface area is 115 Å². The first-order valence-electron chi connectivity index (χ1n) is 6.74. The van der Waals surface area contributed by atoms with E-state index in [1.54, 1.807) is 6.92 Å². The fourth-order valence-corrected chi connectivity index (χ4v) is 4.77. The van der Waals surface area contributed by atoms with Crippen LogP contribution in [-0.2, 0) is 14.1 Å². The van der Waals surface area contributed by atoms with Crippen LogP contribution in [0.3, 0.4) is 0 Å². The monoisotopic (exact) mass is 282 g/mol. The van der Waals surface area contributed by atoms with Gasteiger partial charge in [-0.25, -0.2) is 0 Å². The lowest BCUT2D eigenvalue weighted by atomic mass is 10.4. The highest BCUT2D eigenvalue weighted by Gasteiger charge is 2.31. The summed E-state index contributed by atoms with van der Waals surface area (Å²) in [6.45, 7) is 7.49. The zero-order valence-electron chi connectivity index (χ0n) is 12.1. The van der Waals surface area contributed by atoms with Gasteiger partial charge in [0.1, 0.15) is 13.2 Å². The number of hydrogen-bond donors (Lipinski definition) is 0. The van der Waals surface area contributed by atoms with Crippen LogP contribution in [0.15, 0.2) is 30.3 Å². The zero-order valence-corrected chi connectivity index (χ0v) is 13.0. The van der Waals surface area contributed by atoms with Gasteiger partial charge in [-0.05, 0) is 6.92 Å². The average molecular weight is 282 g/mol. The Bertz CT molecular complexity index is 454. The van der Waals surface area contributed by atoms with Gasteiger partial charge in [0, 0.05) is 23.5 Å². The third-order valence-corrected chi connectivity index (χ3v) is 7.07. The molecule has 0 amide bonds. The second kappa shape index (κ2) is 6.91. The van der Waals surface area contributed by atoms with E-state index in [1.165, 1.54) is 0 Å². The number of carbonyl (C=O) groups excluding carboxylic acids is 1. The van der Waals surface area contributed by atoms with Crippen LogP contribution in [0, 0.1) is 0 Å². The van der Waals surface area contributed by atoms with Crippen LogP contribution >= 0.6 is 7.14 Å². The molecular weight excluding hydrogens is 259 g/mol. The maximum absolute atomic E-state index is 13.2. The van der Waals surface area contributed by atoms with Gasteiger partial charge in [-0.3, -0.25) is 4.79 Å². The van der Waals surface area contributed by atoms with Crippen LogP contribution in [0.4, 0.5) is 0 Å². The second-order valence-electron chi connectivity index (χ2n) is 5.06. The van der Waals surface area contributed by atoms with Crippen LogP contribution in [-0.4, -0.2) is 23.9 Å². The number of rotatable bonds is 6. The van der Waals surface area contributed by atoms with Gasteiger partial charge >= 0.3 is 5.97 Å². The van der Waals surface area contributed by atoms with E-state index in [-0.39, 0.29) is 17.7 Å². The number of esters is 1. The summed E-state index contributed by atoms with van der Waals surface area (Å²) >= 11 is 0. The summed E-state index contributed by atoms with van der Waals surface area (Å²) in [6.07, 6.45) is 0.433. The number of ether oxygens (including phenoxy) is 1. The summed E-state index contributed by atoms with van der Waals surface area (Å²) < 4.78 is 18.5. The first-order valence-corrected chi connectivity index (χ1v) is 8.70. The highest BCUT2D eigenvalue weighted by atomic mass is 31.2.